The summed E-state index contributed by atoms with van der Waals surface area (Å²) in [5, 5.41) is 0. The van der Waals surface area contributed by atoms with Crippen LogP contribution >= 0.6 is 0 Å². The highest BCUT2D eigenvalue weighted by atomic mass is 16.2. The van der Waals surface area contributed by atoms with Gasteiger partial charge in [-0.05, 0) is 44.9 Å². The fraction of sp³-hybridized carbons (Fsp3) is 0.577. The van der Waals surface area contributed by atoms with Crippen molar-refractivity contribution in [3.63, 3.8) is 0 Å². The Morgan fingerprint density at radius 1 is 0.806 bits per heavy atom. The Morgan fingerprint density at radius 3 is 2.26 bits per heavy atom. The summed E-state index contributed by atoms with van der Waals surface area (Å²) in [6.45, 7) is 3.75. The van der Waals surface area contributed by atoms with E-state index in [4.69, 9.17) is 9.97 Å². The molecule has 1 aliphatic carbocycles. The van der Waals surface area contributed by atoms with E-state index in [0.717, 1.165) is 69.1 Å². The molecule has 0 radical (unpaired) electrons. The third-order valence-electron chi connectivity index (χ3n) is 7.25. The zero-order chi connectivity index (χ0) is 21.0. The number of carbonyl (C=O) groups is 1. The van der Waals surface area contributed by atoms with Crippen molar-refractivity contribution >= 4 is 11.7 Å². The maximum Gasteiger partial charge on any atom is 0.225 e. The quantitative estimate of drug-likeness (QED) is 0.729. The van der Waals surface area contributed by atoms with E-state index < -0.39 is 0 Å². The van der Waals surface area contributed by atoms with Crippen molar-refractivity contribution in [2.24, 2.45) is 5.92 Å². The number of nitrogens with zero attached hydrogens (tertiary/aromatic N) is 4. The van der Waals surface area contributed by atoms with Crippen LogP contribution in [0.15, 0.2) is 30.3 Å². The smallest absolute Gasteiger partial charge is 0.225 e. The van der Waals surface area contributed by atoms with Crippen molar-refractivity contribution in [1.29, 1.82) is 0 Å². The first-order valence-electron chi connectivity index (χ1n) is 12.3. The Labute approximate surface area is 185 Å². The third kappa shape index (κ3) is 4.46. The normalized spacial score (nSPS) is 20.3. The van der Waals surface area contributed by atoms with Crippen LogP contribution in [0.25, 0.3) is 11.4 Å². The Kier molecular flexibility index (Phi) is 6.19. The average molecular weight is 419 g/mol. The van der Waals surface area contributed by atoms with E-state index in [1.54, 1.807) is 0 Å². The molecular weight excluding hydrogens is 384 g/mol. The molecular formula is C26H34N4O. The van der Waals surface area contributed by atoms with Gasteiger partial charge in [-0.2, -0.15) is 0 Å². The minimum absolute atomic E-state index is 0.180. The van der Waals surface area contributed by atoms with E-state index in [1.807, 2.05) is 18.2 Å². The van der Waals surface area contributed by atoms with Gasteiger partial charge in [0.05, 0.1) is 0 Å². The zero-order valence-corrected chi connectivity index (χ0v) is 18.6. The Balaban J connectivity index is 1.30. The van der Waals surface area contributed by atoms with Crippen molar-refractivity contribution in [3.8, 4) is 11.4 Å². The summed E-state index contributed by atoms with van der Waals surface area (Å²) >= 11 is 0. The monoisotopic (exact) mass is 418 g/mol. The topological polar surface area (TPSA) is 49.3 Å². The lowest BCUT2D eigenvalue weighted by molar-refractivity contribution is -0.136. The second-order valence-electron chi connectivity index (χ2n) is 9.37. The fourth-order valence-electron chi connectivity index (χ4n) is 5.45. The van der Waals surface area contributed by atoms with Gasteiger partial charge in [0, 0.05) is 48.9 Å². The summed E-state index contributed by atoms with van der Waals surface area (Å²) in [6, 6.07) is 10.3. The lowest BCUT2D eigenvalue weighted by Crippen LogP contribution is -2.44. The molecule has 3 heterocycles. The summed E-state index contributed by atoms with van der Waals surface area (Å²) in [5.74, 6) is 2.55. The van der Waals surface area contributed by atoms with Gasteiger partial charge < -0.3 is 9.80 Å². The van der Waals surface area contributed by atoms with Crippen LogP contribution in [0.2, 0.25) is 0 Å². The van der Waals surface area contributed by atoms with Crippen molar-refractivity contribution < 1.29 is 4.79 Å². The number of likely N-dealkylation sites (tertiary alicyclic amines) is 1. The van der Waals surface area contributed by atoms with Gasteiger partial charge in [0.15, 0.2) is 5.82 Å². The van der Waals surface area contributed by atoms with Crippen molar-refractivity contribution in [2.45, 2.75) is 64.2 Å². The molecule has 31 heavy (non-hydrogen) atoms. The van der Waals surface area contributed by atoms with E-state index in [9.17, 15) is 4.79 Å². The molecule has 2 saturated heterocycles. The summed E-state index contributed by atoms with van der Waals surface area (Å²) in [4.78, 5) is 27.7. The number of rotatable bonds is 3. The number of hydrogen-bond donors (Lipinski definition) is 0. The Hall–Kier alpha value is -2.43. The maximum absolute atomic E-state index is 13.2. The van der Waals surface area contributed by atoms with Gasteiger partial charge in [0.25, 0.3) is 0 Å². The van der Waals surface area contributed by atoms with Crippen molar-refractivity contribution in [2.75, 3.05) is 31.1 Å². The van der Waals surface area contributed by atoms with E-state index >= 15 is 0 Å². The maximum atomic E-state index is 13.2. The van der Waals surface area contributed by atoms with E-state index in [2.05, 4.69) is 21.9 Å². The first-order valence-corrected chi connectivity index (χ1v) is 12.3. The molecule has 5 nitrogen and oxygen atoms in total. The number of benzene rings is 1. The molecule has 164 valence electrons. The highest BCUT2D eigenvalue weighted by Crippen LogP contribution is 2.34. The van der Waals surface area contributed by atoms with Gasteiger partial charge >= 0.3 is 0 Å². The summed E-state index contributed by atoms with van der Waals surface area (Å²) in [7, 11) is 0. The molecule has 3 aliphatic rings. The fourth-order valence-corrected chi connectivity index (χ4v) is 5.45. The molecule has 2 aliphatic heterocycles. The Bertz CT molecular complexity index is 897. The molecule has 0 N–H and O–H groups in total. The Morgan fingerprint density at radius 2 is 1.52 bits per heavy atom. The highest BCUT2D eigenvalue weighted by Gasteiger charge is 2.31. The predicted octanol–water partition coefficient (Wildman–Crippen LogP) is 4.64. The minimum Gasteiger partial charge on any atom is -0.356 e. The summed E-state index contributed by atoms with van der Waals surface area (Å²) in [6.07, 6.45) is 11.4. The van der Waals surface area contributed by atoms with Gasteiger partial charge in [0.1, 0.15) is 5.82 Å². The number of piperidine rings is 1. The molecule has 1 aromatic carbocycles. The van der Waals surface area contributed by atoms with Crippen LogP contribution in [-0.4, -0.2) is 47.0 Å². The first-order chi connectivity index (χ1) is 15.3. The molecule has 0 spiro atoms. The number of fused-ring (bicyclic) bond motifs is 1. The SMILES string of the molecule is O=C(C1CCN(c2nc(-c3ccccc3)nc3c2CCC3)CC1)N1CCCCCCC1. The second kappa shape index (κ2) is 9.37. The lowest BCUT2D eigenvalue weighted by atomic mass is 9.94. The van der Waals surface area contributed by atoms with Crippen LogP contribution in [-0.2, 0) is 17.6 Å². The van der Waals surface area contributed by atoms with Gasteiger partial charge in [-0.3, -0.25) is 4.79 Å². The number of amides is 1. The highest BCUT2D eigenvalue weighted by molar-refractivity contribution is 5.79. The number of aromatic nitrogens is 2. The molecule has 2 aromatic rings. The molecule has 0 unspecified atom stereocenters. The van der Waals surface area contributed by atoms with Crippen LogP contribution in [0.5, 0.6) is 0 Å². The van der Waals surface area contributed by atoms with Gasteiger partial charge in [-0.25, -0.2) is 9.97 Å². The van der Waals surface area contributed by atoms with Crippen LogP contribution < -0.4 is 4.90 Å². The molecule has 0 bridgehead atoms. The molecule has 1 amide bonds. The van der Waals surface area contributed by atoms with Crippen molar-refractivity contribution in [3.05, 3.63) is 41.6 Å². The van der Waals surface area contributed by atoms with E-state index in [-0.39, 0.29) is 5.92 Å². The predicted molar refractivity (Wildman–Crippen MR) is 124 cm³/mol. The second-order valence-corrected chi connectivity index (χ2v) is 9.37. The lowest BCUT2D eigenvalue weighted by Gasteiger charge is -2.36. The first kappa shape index (κ1) is 20.5. The van der Waals surface area contributed by atoms with E-state index in [0.29, 0.717) is 5.91 Å². The van der Waals surface area contributed by atoms with Gasteiger partial charge in [0.2, 0.25) is 5.91 Å². The largest absolute Gasteiger partial charge is 0.356 e. The zero-order valence-electron chi connectivity index (χ0n) is 18.6. The van der Waals surface area contributed by atoms with Gasteiger partial charge in [-0.1, -0.05) is 49.6 Å². The number of anilines is 1. The van der Waals surface area contributed by atoms with Crippen molar-refractivity contribution in [1.82, 2.24) is 14.9 Å². The van der Waals surface area contributed by atoms with Gasteiger partial charge in [-0.15, -0.1) is 0 Å². The molecule has 5 rings (SSSR count). The number of hydrogen-bond acceptors (Lipinski definition) is 4. The molecule has 1 aromatic heterocycles. The molecule has 0 saturated carbocycles. The molecule has 2 fully saturated rings. The third-order valence-corrected chi connectivity index (χ3v) is 7.25. The van der Waals surface area contributed by atoms with Crippen LogP contribution in [0.4, 0.5) is 5.82 Å². The van der Waals surface area contributed by atoms with Crippen LogP contribution in [0.3, 0.4) is 0 Å². The molecule has 0 atom stereocenters. The summed E-state index contributed by atoms with van der Waals surface area (Å²) < 4.78 is 0. The van der Waals surface area contributed by atoms with Crippen LogP contribution in [0.1, 0.15) is 62.6 Å². The average Bonchev–Trinajstić information content (AvgIpc) is 3.27. The number of carbonyl (C=O) groups excluding carboxylic acids is 1. The number of aryl methyl sites for hydroxylation is 1. The molecule has 5 heteroatoms. The summed E-state index contributed by atoms with van der Waals surface area (Å²) in [5.41, 5.74) is 3.65. The van der Waals surface area contributed by atoms with E-state index in [1.165, 1.54) is 49.8 Å². The van der Waals surface area contributed by atoms with Crippen LogP contribution in [0, 0.1) is 5.92 Å². The minimum atomic E-state index is 0.180. The standard InChI is InChI=1S/C26H34N4O/c31-26(30-16-7-2-1-3-8-17-30)21-14-18-29(19-15-21)25-22-12-9-13-23(22)27-24(28-25)20-10-5-4-6-11-20/h4-6,10-11,21H,1-3,7-9,12-19H2.